The third-order valence-electron chi connectivity index (χ3n) is 10.5. The van der Waals surface area contributed by atoms with E-state index in [0.29, 0.717) is 53.7 Å². The average Bonchev–Trinajstić information content (AvgIpc) is 3.70. The maximum Gasteiger partial charge on any atom is 0.251 e. The molecule has 5 N–H and O–H groups in total. The number of benzene rings is 3. The fourth-order valence-electron chi connectivity index (χ4n) is 7.33. The van der Waals surface area contributed by atoms with Crippen molar-refractivity contribution < 1.29 is 9.53 Å². The van der Waals surface area contributed by atoms with E-state index < -0.39 is 0 Å². The third-order valence-corrected chi connectivity index (χ3v) is 10.5. The summed E-state index contributed by atoms with van der Waals surface area (Å²) in [6.45, 7) is 7.54. The number of ether oxygens (including phenoxy) is 1. The molecule has 0 bridgehead atoms. The van der Waals surface area contributed by atoms with Gasteiger partial charge in [0.1, 0.15) is 35.3 Å². The molecule has 14 nitrogen and oxygen atoms in total. The lowest BCUT2D eigenvalue weighted by Crippen LogP contribution is -2.46. The van der Waals surface area contributed by atoms with E-state index in [-0.39, 0.29) is 35.6 Å². The molecule has 302 valence electrons. The predicted molar refractivity (Wildman–Crippen MR) is 234 cm³/mol. The molecule has 0 aliphatic carbocycles. The standard InChI is InChI=1S/C46H45N11O3/c1-3-32-25-52-57-39(23-38(54-45(32)57)33-11-6-4-7-12-33)49-24-31-16-21-40(58)56(27-31)26-30(2)46(59)55-22-10-13-35(28-55)53-44-41(43(48)50-29-51-44)42(47)34-17-19-37(20-18-34)60-36-14-8-5-9-15-36/h4-9,11-12,14-21,23,25,27,29,35,47,49H,2-3,10,13,22,24,26,28H2,1H3,(H3,48,50,51,53). The highest BCUT2D eigenvalue weighted by Gasteiger charge is 2.27. The number of pyridine rings is 1. The normalized spacial score (nSPS) is 13.8. The van der Waals surface area contributed by atoms with Crippen LogP contribution in [0.1, 0.15) is 42.0 Å². The van der Waals surface area contributed by atoms with E-state index in [0.717, 1.165) is 53.1 Å². The van der Waals surface area contributed by atoms with Gasteiger partial charge in [0, 0.05) is 66.3 Å². The van der Waals surface area contributed by atoms with Crippen molar-refractivity contribution in [3.05, 3.63) is 167 Å². The van der Waals surface area contributed by atoms with E-state index in [1.165, 1.54) is 17.0 Å². The number of aromatic nitrogens is 6. The summed E-state index contributed by atoms with van der Waals surface area (Å²) in [6.07, 6.45) is 7.25. The number of anilines is 3. The monoisotopic (exact) mass is 799 g/mol. The van der Waals surface area contributed by atoms with Gasteiger partial charge in [-0.1, -0.05) is 68.1 Å². The number of hydrogen-bond acceptors (Lipinski definition) is 11. The number of fused-ring (bicyclic) bond motifs is 1. The van der Waals surface area contributed by atoms with Crippen LogP contribution in [-0.4, -0.2) is 64.8 Å². The largest absolute Gasteiger partial charge is 0.457 e. The number of amides is 1. The Morgan fingerprint density at radius 2 is 1.73 bits per heavy atom. The number of hydrogen-bond donors (Lipinski definition) is 4. The van der Waals surface area contributed by atoms with Gasteiger partial charge in [-0.2, -0.15) is 9.61 Å². The van der Waals surface area contributed by atoms with Gasteiger partial charge in [0.05, 0.1) is 29.7 Å². The molecule has 3 aromatic carbocycles. The Hall–Kier alpha value is -7.61. The Morgan fingerprint density at radius 1 is 0.983 bits per heavy atom. The van der Waals surface area contributed by atoms with Crippen LogP contribution in [0, 0.1) is 5.41 Å². The van der Waals surface area contributed by atoms with Crippen molar-refractivity contribution in [1.29, 1.82) is 5.41 Å². The topological polar surface area (TPSA) is 181 Å². The molecule has 0 saturated carbocycles. The van der Waals surface area contributed by atoms with Gasteiger partial charge >= 0.3 is 0 Å². The Kier molecular flexibility index (Phi) is 11.4. The molecule has 14 heteroatoms. The van der Waals surface area contributed by atoms with Gasteiger partial charge in [0.15, 0.2) is 5.65 Å². The highest BCUT2D eigenvalue weighted by atomic mass is 16.5. The highest BCUT2D eigenvalue weighted by Crippen LogP contribution is 2.28. The molecule has 5 heterocycles. The van der Waals surface area contributed by atoms with Crippen LogP contribution in [0.4, 0.5) is 17.5 Å². The van der Waals surface area contributed by atoms with Crippen LogP contribution in [0.2, 0.25) is 0 Å². The lowest BCUT2D eigenvalue weighted by molar-refractivity contribution is -0.128. The van der Waals surface area contributed by atoms with Crippen molar-refractivity contribution in [3.63, 3.8) is 0 Å². The van der Waals surface area contributed by atoms with Crippen molar-refractivity contribution in [2.24, 2.45) is 0 Å². The fraction of sp³-hybridized carbons (Fsp3) is 0.196. The first-order chi connectivity index (χ1) is 29.2. The summed E-state index contributed by atoms with van der Waals surface area (Å²) in [5.41, 5.74) is 12.0. The predicted octanol–water partition coefficient (Wildman–Crippen LogP) is 6.97. The zero-order valence-corrected chi connectivity index (χ0v) is 33.2. The van der Waals surface area contributed by atoms with Crippen molar-refractivity contribution in [2.75, 3.05) is 29.5 Å². The molecule has 0 spiro atoms. The number of nitrogens with zero attached hydrogens (tertiary/aromatic N) is 7. The van der Waals surface area contributed by atoms with Gasteiger partial charge in [0.25, 0.3) is 11.5 Å². The van der Waals surface area contributed by atoms with E-state index in [1.807, 2.05) is 72.9 Å². The minimum atomic E-state index is -0.238. The van der Waals surface area contributed by atoms with Gasteiger partial charge in [-0.05, 0) is 61.2 Å². The number of nitrogen functional groups attached to an aromatic ring is 1. The molecule has 4 aromatic heterocycles. The summed E-state index contributed by atoms with van der Waals surface area (Å²) >= 11 is 0. The zero-order chi connectivity index (χ0) is 41.6. The first-order valence-corrected chi connectivity index (χ1v) is 19.9. The number of carbonyl (C=O) groups is 1. The molecule has 7 aromatic rings. The number of nitrogens with two attached hydrogens (primary N) is 1. The zero-order valence-electron chi connectivity index (χ0n) is 33.2. The van der Waals surface area contributed by atoms with Gasteiger partial charge < -0.3 is 30.6 Å². The van der Waals surface area contributed by atoms with Crippen molar-refractivity contribution in [3.8, 4) is 22.8 Å². The van der Waals surface area contributed by atoms with Crippen LogP contribution >= 0.6 is 0 Å². The second-order valence-electron chi connectivity index (χ2n) is 14.6. The quantitative estimate of drug-likeness (QED) is 0.0663. The van der Waals surface area contributed by atoms with E-state index in [2.05, 4.69) is 39.2 Å². The van der Waals surface area contributed by atoms with E-state index in [4.69, 9.17) is 20.9 Å². The van der Waals surface area contributed by atoms with E-state index in [1.54, 1.807) is 45.9 Å². The highest BCUT2D eigenvalue weighted by molar-refractivity contribution is 6.16. The maximum atomic E-state index is 13.8. The van der Waals surface area contributed by atoms with Crippen molar-refractivity contribution in [2.45, 2.75) is 45.3 Å². The third kappa shape index (κ3) is 8.62. The number of aryl methyl sites for hydroxylation is 1. The molecule has 8 rings (SSSR count). The molecule has 1 amide bonds. The second-order valence-corrected chi connectivity index (χ2v) is 14.6. The number of para-hydroxylation sites is 1. The van der Waals surface area contributed by atoms with Crippen LogP contribution in [0.5, 0.6) is 11.5 Å². The molecule has 1 aliphatic heterocycles. The molecular weight excluding hydrogens is 755 g/mol. The number of piperidine rings is 1. The number of carbonyl (C=O) groups excluding carboxylic acids is 1. The molecule has 1 atom stereocenters. The first-order valence-electron chi connectivity index (χ1n) is 19.9. The summed E-state index contributed by atoms with van der Waals surface area (Å²) < 4.78 is 9.23. The average molecular weight is 800 g/mol. The van der Waals surface area contributed by atoms with Crippen LogP contribution in [0.25, 0.3) is 16.9 Å². The lowest BCUT2D eigenvalue weighted by Gasteiger charge is -2.34. The van der Waals surface area contributed by atoms with Crippen molar-refractivity contribution in [1.82, 2.24) is 34.0 Å². The van der Waals surface area contributed by atoms with Crippen LogP contribution in [-0.2, 0) is 24.3 Å². The Morgan fingerprint density at radius 3 is 2.50 bits per heavy atom. The second kappa shape index (κ2) is 17.5. The molecule has 1 fully saturated rings. The molecule has 60 heavy (non-hydrogen) atoms. The fourth-order valence-corrected chi connectivity index (χ4v) is 7.33. The van der Waals surface area contributed by atoms with Crippen LogP contribution < -0.4 is 26.7 Å². The molecule has 1 saturated heterocycles. The minimum absolute atomic E-state index is 0.0374. The van der Waals surface area contributed by atoms with Gasteiger partial charge in [-0.25, -0.2) is 15.0 Å². The smallest absolute Gasteiger partial charge is 0.251 e. The summed E-state index contributed by atoms with van der Waals surface area (Å²) in [7, 11) is 0. The summed E-state index contributed by atoms with van der Waals surface area (Å²) in [4.78, 5) is 42.2. The number of likely N-dealkylation sites (tertiary alicyclic amines) is 1. The van der Waals surface area contributed by atoms with Gasteiger partial charge in [0.2, 0.25) is 0 Å². The summed E-state index contributed by atoms with van der Waals surface area (Å²) in [5, 5.41) is 20.6. The number of rotatable bonds is 14. The summed E-state index contributed by atoms with van der Waals surface area (Å²) in [6, 6.07) is 31.7. The van der Waals surface area contributed by atoms with Crippen LogP contribution in [0.3, 0.4) is 0 Å². The first kappa shape index (κ1) is 39.2. The summed E-state index contributed by atoms with van der Waals surface area (Å²) in [5.74, 6) is 2.46. The Labute approximate surface area is 346 Å². The van der Waals surface area contributed by atoms with Crippen LogP contribution in [0.15, 0.2) is 139 Å². The minimum Gasteiger partial charge on any atom is -0.457 e. The maximum absolute atomic E-state index is 13.8. The van der Waals surface area contributed by atoms with E-state index in [9.17, 15) is 9.59 Å². The lowest BCUT2D eigenvalue weighted by atomic mass is 10.0. The molecule has 1 aliphatic rings. The number of nitrogens with one attached hydrogen (secondary N) is 3. The molecular formula is C46H45N11O3. The Balaban J connectivity index is 0.917. The SMILES string of the molecule is C=C(Cn1cc(CNc2cc(-c3ccccc3)nc3c(CC)cnn23)ccc1=O)C(=O)N1CCCC(Nc2ncnc(N)c2C(=N)c2ccc(Oc3ccccc3)cc2)C1. The van der Waals surface area contributed by atoms with E-state index >= 15 is 0 Å². The Bertz CT molecular complexity index is 2730. The van der Waals surface area contributed by atoms with Crippen molar-refractivity contribution >= 4 is 34.7 Å². The van der Waals surface area contributed by atoms with Gasteiger partial charge in [-0.15, -0.1) is 0 Å². The molecule has 1 unspecified atom stereocenters. The molecule has 0 radical (unpaired) electrons. The van der Waals surface area contributed by atoms with Gasteiger partial charge in [-0.3, -0.25) is 15.0 Å².